The fraction of sp³-hybridized carbons (Fsp3) is 0.938. The third-order valence-corrected chi connectivity index (χ3v) is 6.41. The zero-order chi connectivity index (χ0) is 13.8. The van der Waals surface area contributed by atoms with Gasteiger partial charge in [0, 0.05) is 5.92 Å². The van der Waals surface area contributed by atoms with E-state index in [2.05, 4.69) is 6.92 Å². The molecular weight excluding hydrogens is 238 g/mol. The number of rotatable bonds is 3. The van der Waals surface area contributed by atoms with Crippen molar-refractivity contribution in [1.29, 1.82) is 0 Å². The van der Waals surface area contributed by atoms with Gasteiger partial charge in [-0.3, -0.25) is 0 Å². The van der Waals surface area contributed by atoms with Crippen LogP contribution in [0.1, 0.15) is 59.3 Å². The molecule has 108 valence electrons. The van der Waals surface area contributed by atoms with Gasteiger partial charge >= 0.3 is 6.09 Å². The molecule has 0 aromatic rings. The summed E-state index contributed by atoms with van der Waals surface area (Å²) in [5.74, 6) is 3.18. The molecule has 4 fully saturated rings. The Morgan fingerprint density at radius 1 is 1.16 bits per heavy atom. The van der Waals surface area contributed by atoms with Crippen LogP contribution in [-0.2, 0) is 4.74 Å². The summed E-state index contributed by atoms with van der Waals surface area (Å²) < 4.78 is 5.43. The van der Waals surface area contributed by atoms with E-state index in [0.717, 1.165) is 17.8 Å². The van der Waals surface area contributed by atoms with Crippen molar-refractivity contribution in [2.24, 2.45) is 34.8 Å². The van der Waals surface area contributed by atoms with Gasteiger partial charge in [-0.05, 0) is 75.5 Å². The van der Waals surface area contributed by atoms with Crippen LogP contribution >= 0.6 is 0 Å². The molecule has 4 aliphatic carbocycles. The number of primary amides is 1. The molecule has 0 heterocycles. The Balaban J connectivity index is 1.82. The molecule has 1 amide bonds. The summed E-state index contributed by atoms with van der Waals surface area (Å²) in [4.78, 5) is 11.1. The second kappa shape index (κ2) is 4.13. The van der Waals surface area contributed by atoms with E-state index in [0.29, 0.717) is 11.3 Å². The summed E-state index contributed by atoms with van der Waals surface area (Å²) in [6, 6.07) is 0. The van der Waals surface area contributed by atoms with Crippen molar-refractivity contribution in [3.05, 3.63) is 0 Å². The zero-order valence-electron chi connectivity index (χ0n) is 12.4. The Hall–Kier alpha value is -0.730. The van der Waals surface area contributed by atoms with Crippen molar-refractivity contribution in [2.75, 3.05) is 0 Å². The van der Waals surface area contributed by atoms with Crippen LogP contribution in [0.4, 0.5) is 4.79 Å². The summed E-state index contributed by atoms with van der Waals surface area (Å²) in [5.41, 5.74) is 5.20. The van der Waals surface area contributed by atoms with Gasteiger partial charge in [-0.1, -0.05) is 6.92 Å². The van der Waals surface area contributed by atoms with Crippen molar-refractivity contribution in [3.63, 3.8) is 0 Å². The summed E-state index contributed by atoms with van der Waals surface area (Å²) in [7, 11) is 0. The van der Waals surface area contributed by atoms with Gasteiger partial charge in [0.25, 0.3) is 0 Å². The Labute approximate surface area is 116 Å². The quantitative estimate of drug-likeness (QED) is 0.845. The highest BCUT2D eigenvalue weighted by atomic mass is 16.6. The van der Waals surface area contributed by atoms with Gasteiger partial charge in [0.05, 0.1) is 0 Å². The summed E-state index contributed by atoms with van der Waals surface area (Å²) in [5, 5.41) is 0. The van der Waals surface area contributed by atoms with E-state index in [1.54, 1.807) is 0 Å². The number of hydrogen-bond donors (Lipinski definition) is 1. The van der Waals surface area contributed by atoms with Gasteiger partial charge in [-0.2, -0.15) is 0 Å². The molecule has 4 aliphatic rings. The van der Waals surface area contributed by atoms with E-state index in [1.807, 2.05) is 13.8 Å². The molecule has 0 radical (unpaired) electrons. The normalized spacial score (nSPS) is 42.2. The predicted octanol–water partition coefficient (Wildman–Crippen LogP) is 3.71. The van der Waals surface area contributed by atoms with Crippen molar-refractivity contribution in [1.82, 2.24) is 0 Å². The highest BCUT2D eigenvalue weighted by Crippen LogP contribution is 2.64. The van der Waals surface area contributed by atoms with Gasteiger partial charge in [0.2, 0.25) is 0 Å². The molecule has 19 heavy (non-hydrogen) atoms. The van der Waals surface area contributed by atoms with Crippen LogP contribution in [-0.4, -0.2) is 11.7 Å². The molecule has 4 bridgehead atoms. The average Bonchev–Trinajstić information content (AvgIpc) is 2.24. The van der Waals surface area contributed by atoms with Gasteiger partial charge in [0.1, 0.15) is 5.60 Å². The lowest BCUT2D eigenvalue weighted by Gasteiger charge is -2.61. The van der Waals surface area contributed by atoms with Crippen LogP contribution in [0.15, 0.2) is 0 Å². The zero-order valence-corrected chi connectivity index (χ0v) is 12.4. The number of nitrogens with two attached hydrogens (primary N) is 1. The van der Waals surface area contributed by atoms with Gasteiger partial charge < -0.3 is 10.5 Å². The highest BCUT2D eigenvalue weighted by molar-refractivity contribution is 5.65. The molecule has 1 unspecified atom stereocenters. The van der Waals surface area contributed by atoms with Crippen LogP contribution < -0.4 is 5.73 Å². The summed E-state index contributed by atoms with van der Waals surface area (Å²) in [6.45, 7) is 6.33. The number of carbonyl (C=O) groups excluding carboxylic acids is 1. The predicted molar refractivity (Wildman–Crippen MR) is 74.5 cm³/mol. The molecule has 3 nitrogen and oxygen atoms in total. The third-order valence-electron chi connectivity index (χ3n) is 6.41. The Kier molecular flexibility index (Phi) is 2.88. The van der Waals surface area contributed by atoms with Crippen molar-refractivity contribution >= 4 is 6.09 Å². The largest absolute Gasteiger partial charge is 0.443 e. The fourth-order valence-corrected chi connectivity index (χ4v) is 5.79. The first-order valence-corrected chi connectivity index (χ1v) is 7.79. The molecule has 1 atom stereocenters. The lowest BCUT2D eigenvalue weighted by atomic mass is 9.45. The first-order valence-electron chi connectivity index (χ1n) is 7.79. The second-order valence-corrected chi connectivity index (χ2v) is 8.03. The van der Waals surface area contributed by atoms with Gasteiger partial charge in [-0.15, -0.1) is 0 Å². The molecule has 2 N–H and O–H groups in total. The van der Waals surface area contributed by atoms with Crippen LogP contribution in [0.5, 0.6) is 0 Å². The van der Waals surface area contributed by atoms with Gasteiger partial charge in [0.15, 0.2) is 0 Å². The topological polar surface area (TPSA) is 52.3 Å². The Morgan fingerprint density at radius 2 is 1.58 bits per heavy atom. The van der Waals surface area contributed by atoms with E-state index in [9.17, 15) is 4.79 Å². The minimum atomic E-state index is -0.637. The second-order valence-electron chi connectivity index (χ2n) is 8.03. The van der Waals surface area contributed by atoms with Crippen LogP contribution in [0.3, 0.4) is 0 Å². The number of amides is 1. The van der Waals surface area contributed by atoms with Gasteiger partial charge in [-0.25, -0.2) is 4.79 Å². The molecule has 0 aliphatic heterocycles. The van der Waals surface area contributed by atoms with Crippen LogP contribution in [0.2, 0.25) is 0 Å². The molecule has 0 spiro atoms. The molecule has 0 saturated heterocycles. The minimum Gasteiger partial charge on any atom is -0.443 e. The number of ether oxygens (including phenoxy) is 1. The standard InChI is InChI=1S/C16H27NO2/c1-10(15(2,3)19-14(17)18)16-7-11-4-12(8-16)6-13(5-11)9-16/h10-13H,4-9H2,1-3H3,(H2,17,18). The van der Waals surface area contributed by atoms with Crippen molar-refractivity contribution < 1.29 is 9.53 Å². The van der Waals surface area contributed by atoms with E-state index in [4.69, 9.17) is 10.5 Å². The van der Waals surface area contributed by atoms with Crippen molar-refractivity contribution in [2.45, 2.75) is 64.9 Å². The SMILES string of the molecule is CC(C12CC3CC(CC(C3)C1)C2)C(C)(C)OC(N)=O. The fourth-order valence-electron chi connectivity index (χ4n) is 5.79. The number of carbonyl (C=O) groups is 1. The maximum absolute atomic E-state index is 11.1. The van der Waals surface area contributed by atoms with Crippen molar-refractivity contribution in [3.8, 4) is 0 Å². The average molecular weight is 265 g/mol. The Bertz CT molecular complexity index is 353. The third kappa shape index (κ3) is 2.15. The summed E-state index contributed by atoms with van der Waals surface area (Å²) >= 11 is 0. The number of hydrogen-bond acceptors (Lipinski definition) is 2. The monoisotopic (exact) mass is 265 g/mol. The smallest absolute Gasteiger partial charge is 0.405 e. The van der Waals surface area contributed by atoms with E-state index in [-0.39, 0.29) is 0 Å². The maximum Gasteiger partial charge on any atom is 0.405 e. The molecule has 3 heteroatoms. The lowest BCUT2D eigenvalue weighted by molar-refractivity contribution is -0.135. The minimum absolute atomic E-state index is 0.390. The van der Waals surface area contributed by atoms with Crippen LogP contribution in [0, 0.1) is 29.1 Å². The molecule has 0 aromatic heterocycles. The lowest BCUT2D eigenvalue weighted by Crippen LogP contribution is -2.54. The first kappa shape index (κ1) is 13.3. The van der Waals surface area contributed by atoms with Crippen LogP contribution in [0.25, 0.3) is 0 Å². The van der Waals surface area contributed by atoms with E-state index >= 15 is 0 Å². The summed E-state index contributed by atoms with van der Waals surface area (Å²) in [6.07, 6.45) is 7.72. The maximum atomic E-state index is 11.1. The first-order chi connectivity index (χ1) is 8.81. The molecule has 4 saturated carbocycles. The van der Waals surface area contributed by atoms with E-state index in [1.165, 1.54) is 38.5 Å². The van der Waals surface area contributed by atoms with E-state index < -0.39 is 11.7 Å². The molecule has 4 rings (SSSR count). The molecular formula is C16H27NO2. The Morgan fingerprint density at radius 3 is 1.95 bits per heavy atom. The highest BCUT2D eigenvalue weighted by Gasteiger charge is 2.56. The molecule has 0 aromatic carbocycles.